The molecule has 0 bridgehead atoms. The van der Waals surface area contributed by atoms with Gasteiger partial charge < -0.3 is 10.1 Å². The van der Waals surface area contributed by atoms with Crippen LogP contribution >= 0.6 is 0 Å². The summed E-state index contributed by atoms with van der Waals surface area (Å²) in [5.74, 6) is 0.570. The van der Waals surface area contributed by atoms with Gasteiger partial charge >= 0.3 is 0 Å². The highest BCUT2D eigenvalue weighted by Crippen LogP contribution is 2.25. The zero-order valence-corrected chi connectivity index (χ0v) is 10.6. The van der Waals surface area contributed by atoms with E-state index in [1.807, 2.05) is 0 Å². The first-order valence-corrected chi connectivity index (χ1v) is 8.03. The van der Waals surface area contributed by atoms with Crippen LogP contribution in [0.4, 0.5) is 0 Å². The molecule has 1 heterocycles. The molecule has 3 unspecified atom stereocenters. The van der Waals surface area contributed by atoms with E-state index in [9.17, 15) is 8.42 Å². The second kappa shape index (κ2) is 5.02. The molecule has 94 valence electrons. The van der Waals surface area contributed by atoms with Crippen molar-refractivity contribution in [1.82, 2.24) is 5.32 Å². The molecular formula is C11H21NO3S. The average molecular weight is 247 g/mol. The van der Waals surface area contributed by atoms with Gasteiger partial charge in [-0.25, -0.2) is 8.42 Å². The van der Waals surface area contributed by atoms with Crippen LogP contribution < -0.4 is 5.32 Å². The molecule has 1 saturated carbocycles. The van der Waals surface area contributed by atoms with Gasteiger partial charge in [0.1, 0.15) is 0 Å². The van der Waals surface area contributed by atoms with E-state index in [1.54, 1.807) is 0 Å². The van der Waals surface area contributed by atoms with Crippen molar-refractivity contribution in [1.29, 1.82) is 0 Å². The third kappa shape index (κ3) is 2.96. The zero-order valence-electron chi connectivity index (χ0n) is 9.81. The fourth-order valence-electron chi connectivity index (χ4n) is 2.73. The van der Waals surface area contributed by atoms with E-state index in [-0.39, 0.29) is 11.3 Å². The highest BCUT2D eigenvalue weighted by atomic mass is 32.2. The molecule has 2 fully saturated rings. The molecule has 4 nitrogen and oxygen atoms in total. The highest BCUT2D eigenvalue weighted by Gasteiger charge is 2.34. The van der Waals surface area contributed by atoms with Crippen LogP contribution in [0.25, 0.3) is 0 Å². The monoisotopic (exact) mass is 247 g/mol. The number of rotatable bonds is 4. The molecule has 1 saturated heterocycles. The van der Waals surface area contributed by atoms with E-state index in [0.29, 0.717) is 5.92 Å². The van der Waals surface area contributed by atoms with Crippen LogP contribution in [0.5, 0.6) is 0 Å². The van der Waals surface area contributed by atoms with E-state index in [0.717, 1.165) is 45.4 Å². The minimum Gasteiger partial charge on any atom is -0.381 e. The Balaban J connectivity index is 1.84. The average Bonchev–Trinajstić information content (AvgIpc) is 2.85. The van der Waals surface area contributed by atoms with Gasteiger partial charge in [0.15, 0.2) is 9.84 Å². The Hall–Kier alpha value is -0.130. The van der Waals surface area contributed by atoms with Gasteiger partial charge in [0, 0.05) is 25.4 Å². The van der Waals surface area contributed by atoms with E-state index in [1.165, 1.54) is 6.26 Å². The largest absolute Gasteiger partial charge is 0.381 e. The maximum Gasteiger partial charge on any atom is 0.151 e. The number of hydrogen-bond acceptors (Lipinski definition) is 4. The molecule has 2 rings (SSSR count). The molecule has 3 atom stereocenters. The molecule has 1 aliphatic carbocycles. The molecular weight excluding hydrogens is 226 g/mol. The summed E-state index contributed by atoms with van der Waals surface area (Å²) in [6.45, 7) is 2.58. The highest BCUT2D eigenvalue weighted by molar-refractivity contribution is 7.91. The minimum absolute atomic E-state index is 0.163. The van der Waals surface area contributed by atoms with Gasteiger partial charge in [0.05, 0.1) is 11.9 Å². The van der Waals surface area contributed by atoms with Crippen LogP contribution in [0, 0.1) is 5.92 Å². The topological polar surface area (TPSA) is 55.4 Å². The maximum atomic E-state index is 11.6. The van der Waals surface area contributed by atoms with Crippen molar-refractivity contribution < 1.29 is 13.2 Å². The SMILES string of the molecule is CS(=O)(=O)C1CCCC1NCC1CCOC1. The molecule has 1 N–H and O–H groups in total. The fraction of sp³-hybridized carbons (Fsp3) is 1.00. The summed E-state index contributed by atoms with van der Waals surface area (Å²) in [7, 11) is -2.89. The minimum atomic E-state index is -2.89. The van der Waals surface area contributed by atoms with Gasteiger partial charge in [0.25, 0.3) is 0 Å². The Morgan fingerprint density at radius 1 is 1.31 bits per heavy atom. The summed E-state index contributed by atoms with van der Waals surface area (Å²) < 4.78 is 28.5. The van der Waals surface area contributed by atoms with Crippen LogP contribution in [-0.4, -0.2) is 45.7 Å². The number of hydrogen-bond donors (Lipinski definition) is 1. The molecule has 0 aromatic heterocycles. The molecule has 0 amide bonds. The van der Waals surface area contributed by atoms with Crippen molar-refractivity contribution in [3.05, 3.63) is 0 Å². The van der Waals surface area contributed by atoms with Crippen LogP contribution in [0.2, 0.25) is 0 Å². The van der Waals surface area contributed by atoms with E-state index < -0.39 is 9.84 Å². The van der Waals surface area contributed by atoms with Crippen LogP contribution in [-0.2, 0) is 14.6 Å². The van der Waals surface area contributed by atoms with Gasteiger partial charge in [-0.2, -0.15) is 0 Å². The third-order valence-electron chi connectivity index (χ3n) is 3.70. The van der Waals surface area contributed by atoms with E-state index >= 15 is 0 Å². The lowest BCUT2D eigenvalue weighted by Crippen LogP contribution is -2.42. The molecule has 0 spiro atoms. The summed E-state index contributed by atoms with van der Waals surface area (Å²) in [5.41, 5.74) is 0. The lowest BCUT2D eigenvalue weighted by atomic mass is 10.1. The van der Waals surface area contributed by atoms with Crippen molar-refractivity contribution in [3.8, 4) is 0 Å². The predicted molar refractivity (Wildman–Crippen MR) is 63.2 cm³/mol. The Morgan fingerprint density at radius 2 is 2.12 bits per heavy atom. The Morgan fingerprint density at radius 3 is 2.75 bits per heavy atom. The van der Waals surface area contributed by atoms with E-state index in [4.69, 9.17) is 4.74 Å². The number of ether oxygens (including phenoxy) is 1. The smallest absolute Gasteiger partial charge is 0.151 e. The number of nitrogens with one attached hydrogen (secondary N) is 1. The van der Waals surface area contributed by atoms with Crippen molar-refractivity contribution in [3.63, 3.8) is 0 Å². The van der Waals surface area contributed by atoms with Crippen molar-refractivity contribution in [2.45, 2.75) is 37.0 Å². The molecule has 0 radical (unpaired) electrons. The lowest BCUT2D eigenvalue weighted by Gasteiger charge is -2.21. The van der Waals surface area contributed by atoms with E-state index in [2.05, 4.69) is 5.32 Å². The summed E-state index contributed by atoms with van der Waals surface area (Å²) in [4.78, 5) is 0. The Labute approximate surface area is 97.7 Å². The van der Waals surface area contributed by atoms with Crippen molar-refractivity contribution >= 4 is 9.84 Å². The first-order valence-electron chi connectivity index (χ1n) is 6.07. The molecule has 2 aliphatic rings. The van der Waals surface area contributed by atoms with Crippen molar-refractivity contribution in [2.75, 3.05) is 26.0 Å². The summed E-state index contributed by atoms with van der Waals surface area (Å²) >= 11 is 0. The summed E-state index contributed by atoms with van der Waals surface area (Å²) in [6, 6.07) is 0.163. The number of sulfone groups is 1. The first kappa shape index (κ1) is 12.3. The van der Waals surface area contributed by atoms with Crippen LogP contribution in [0.3, 0.4) is 0 Å². The zero-order chi connectivity index (χ0) is 11.6. The Kier molecular flexibility index (Phi) is 3.87. The predicted octanol–water partition coefficient (Wildman–Crippen LogP) is 0.578. The van der Waals surface area contributed by atoms with Gasteiger partial charge in [0.2, 0.25) is 0 Å². The quantitative estimate of drug-likeness (QED) is 0.789. The first-order chi connectivity index (χ1) is 7.57. The Bertz CT molecular complexity index is 322. The maximum absolute atomic E-state index is 11.6. The van der Waals surface area contributed by atoms with Gasteiger partial charge in [-0.15, -0.1) is 0 Å². The second-order valence-electron chi connectivity index (χ2n) is 5.04. The van der Waals surface area contributed by atoms with Crippen LogP contribution in [0.15, 0.2) is 0 Å². The second-order valence-corrected chi connectivity index (χ2v) is 7.31. The molecule has 1 aliphatic heterocycles. The third-order valence-corrected chi connectivity index (χ3v) is 5.36. The van der Waals surface area contributed by atoms with Gasteiger partial charge in [-0.1, -0.05) is 6.42 Å². The fourth-order valence-corrected chi connectivity index (χ4v) is 4.16. The molecule has 5 heteroatoms. The normalized spacial score (nSPS) is 35.7. The van der Waals surface area contributed by atoms with Crippen LogP contribution in [0.1, 0.15) is 25.7 Å². The molecule has 0 aromatic carbocycles. The summed E-state index contributed by atoms with van der Waals surface area (Å²) in [6.07, 6.45) is 5.29. The van der Waals surface area contributed by atoms with Crippen molar-refractivity contribution in [2.24, 2.45) is 5.92 Å². The molecule has 16 heavy (non-hydrogen) atoms. The lowest BCUT2D eigenvalue weighted by molar-refractivity contribution is 0.184. The van der Waals surface area contributed by atoms with Gasteiger partial charge in [-0.3, -0.25) is 0 Å². The van der Waals surface area contributed by atoms with Gasteiger partial charge in [-0.05, 0) is 25.2 Å². The summed E-state index contributed by atoms with van der Waals surface area (Å²) in [5, 5.41) is 3.25. The standard InChI is InChI=1S/C11H21NO3S/c1-16(13,14)11-4-2-3-10(11)12-7-9-5-6-15-8-9/h9-12H,2-8H2,1H3. The molecule has 0 aromatic rings.